The van der Waals surface area contributed by atoms with Crippen molar-refractivity contribution in [3.8, 4) is 11.8 Å². The van der Waals surface area contributed by atoms with Crippen LogP contribution in [-0.4, -0.2) is 5.91 Å². The number of hydrogen-bond donors (Lipinski definition) is 1. The molecule has 3 aromatic carbocycles. The molecule has 3 aromatic rings. The Balaban J connectivity index is 1.77. The number of nitriles is 1. The zero-order valence-corrected chi connectivity index (χ0v) is 18.5. The summed E-state index contributed by atoms with van der Waals surface area (Å²) in [6, 6.07) is 22.4. The molecule has 0 saturated heterocycles. The lowest BCUT2D eigenvalue weighted by Crippen LogP contribution is -2.13. The summed E-state index contributed by atoms with van der Waals surface area (Å²) >= 11 is 5.93. The summed E-state index contributed by atoms with van der Waals surface area (Å²) in [5.41, 5.74) is 4.40. The fourth-order valence-electron chi connectivity index (χ4n) is 3.04. The molecule has 0 aliphatic carbocycles. The molecule has 3 rings (SSSR count). The minimum atomic E-state index is -0.454. The smallest absolute Gasteiger partial charge is 0.266 e. The number of aryl methyl sites for hydroxylation is 1. The molecule has 0 bridgehead atoms. The zero-order chi connectivity index (χ0) is 22.9. The zero-order valence-electron chi connectivity index (χ0n) is 17.8. The van der Waals surface area contributed by atoms with Crippen molar-refractivity contribution < 1.29 is 9.53 Å². The molecule has 1 amide bonds. The van der Waals surface area contributed by atoms with Gasteiger partial charge in [0, 0.05) is 10.7 Å². The lowest BCUT2D eigenvalue weighted by Gasteiger charge is -2.12. The predicted molar refractivity (Wildman–Crippen MR) is 130 cm³/mol. The van der Waals surface area contributed by atoms with Gasteiger partial charge in [0.25, 0.3) is 5.91 Å². The molecule has 1 N–H and O–H groups in total. The van der Waals surface area contributed by atoms with Crippen molar-refractivity contribution >= 4 is 29.3 Å². The Kier molecular flexibility index (Phi) is 7.85. The van der Waals surface area contributed by atoms with Crippen molar-refractivity contribution in [3.05, 3.63) is 112 Å². The Labute approximate surface area is 193 Å². The van der Waals surface area contributed by atoms with Crippen LogP contribution in [0.3, 0.4) is 0 Å². The van der Waals surface area contributed by atoms with Crippen LogP contribution in [0.1, 0.15) is 22.3 Å². The van der Waals surface area contributed by atoms with Crippen molar-refractivity contribution in [3.63, 3.8) is 0 Å². The first-order chi connectivity index (χ1) is 15.5. The highest BCUT2D eigenvalue weighted by Gasteiger charge is 2.11. The van der Waals surface area contributed by atoms with Crippen molar-refractivity contribution in [1.29, 1.82) is 5.26 Å². The number of nitrogens with zero attached hydrogens (tertiary/aromatic N) is 1. The molecule has 0 aliphatic rings. The van der Waals surface area contributed by atoms with Crippen LogP contribution in [0.15, 0.2) is 85.0 Å². The summed E-state index contributed by atoms with van der Waals surface area (Å²) in [4.78, 5) is 12.5. The molecule has 0 atom stereocenters. The van der Waals surface area contributed by atoms with Gasteiger partial charge < -0.3 is 10.1 Å². The Hall–Kier alpha value is -3.81. The maximum absolute atomic E-state index is 12.5. The van der Waals surface area contributed by atoms with E-state index in [2.05, 4.69) is 11.9 Å². The van der Waals surface area contributed by atoms with Crippen LogP contribution in [0, 0.1) is 18.3 Å². The second-order valence-electron chi connectivity index (χ2n) is 7.27. The minimum absolute atomic E-state index is 0.0185. The molecule has 0 spiro atoms. The van der Waals surface area contributed by atoms with Crippen molar-refractivity contribution in [2.24, 2.45) is 0 Å². The van der Waals surface area contributed by atoms with Gasteiger partial charge in [0.2, 0.25) is 0 Å². The first-order valence-electron chi connectivity index (χ1n) is 10.1. The van der Waals surface area contributed by atoms with E-state index in [1.165, 1.54) is 0 Å². The average molecular weight is 443 g/mol. The highest BCUT2D eigenvalue weighted by atomic mass is 35.5. The molecule has 160 valence electrons. The molecule has 0 heterocycles. The summed E-state index contributed by atoms with van der Waals surface area (Å²) in [6.45, 7) is 6.18. The molecule has 0 aliphatic heterocycles. The maximum atomic E-state index is 12.5. The molecular formula is C27H23ClN2O2. The van der Waals surface area contributed by atoms with E-state index < -0.39 is 5.91 Å². The summed E-state index contributed by atoms with van der Waals surface area (Å²) < 4.78 is 5.98. The fraction of sp³-hybridized carbons (Fsp3) is 0.111. The van der Waals surface area contributed by atoms with Gasteiger partial charge in [-0.05, 0) is 72.5 Å². The maximum Gasteiger partial charge on any atom is 0.266 e. The third-order valence-electron chi connectivity index (χ3n) is 4.74. The SMILES string of the molecule is C=CCc1cc(/C=C(/C#N)C(=O)Nc2ccc(C)cc2)ccc1OCc1ccc(Cl)cc1. The van der Waals surface area contributed by atoms with E-state index in [1.807, 2.05) is 67.6 Å². The number of allylic oxidation sites excluding steroid dienone is 1. The lowest BCUT2D eigenvalue weighted by atomic mass is 10.0. The van der Waals surface area contributed by atoms with Gasteiger partial charge >= 0.3 is 0 Å². The monoisotopic (exact) mass is 442 g/mol. The van der Waals surface area contributed by atoms with Crippen LogP contribution in [0.2, 0.25) is 5.02 Å². The summed E-state index contributed by atoms with van der Waals surface area (Å²) in [5, 5.41) is 12.9. The van der Waals surface area contributed by atoms with Crippen LogP contribution in [0.5, 0.6) is 5.75 Å². The molecule has 4 nitrogen and oxygen atoms in total. The van der Waals surface area contributed by atoms with Gasteiger partial charge in [-0.25, -0.2) is 0 Å². The minimum Gasteiger partial charge on any atom is -0.489 e. The summed E-state index contributed by atoms with van der Waals surface area (Å²) in [6.07, 6.45) is 3.95. The summed E-state index contributed by atoms with van der Waals surface area (Å²) in [7, 11) is 0. The topological polar surface area (TPSA) is 62.1 Å². The van der Waals surface area contributed by atoms with Crippen LogP contribution < -0.4 is 10.1 Å². The highest BCUT2D eigenvalue weighted by molar-refractivity contribution is 6.30. The van der Waals surface area contributed by atoms with Gasteiger partial charge in [-0.1, -0.05) is 53.6 Å². The number of carbonyl (C=O) groups is 1. The molecule has 0 aromatic heterocycles. The molecular weight excluding hydrogens is 420 g/mol. The Morgan fingerprint density at radius 3 is 2.50 bits per heavy atom. The van der Waals surface area contributed by atoms with Gasteiger partial charge in [-0.3, -0.25) is 4.79 Å². The van der Waals surface area contributed by atoms with E-state index in [1.54, 1.807) is 24.3 Å². The van der Waals surface area contributed by atoms with E-state index in [-0.39, 0.29) is 5.57 Å². The fourth-order valence-corrected chi connectivity index (χ4v) is 3.16. The van der Waals surface area contributed by atoms with Crippen LogP contribution in [0.25, 0.3) is 6.08 Å². The van der Waals surface area contributed by atoms with Crippen LogP contribution >= 0.6 is 11.6 Å². The lowest BCUT2D eigenvalue weighted by molar-refractivity contribution is -0.112. The second-order valence-corrected chi connectivity index (χ2v) is 7.70. The van der Waals surface area contributed by atoms with Crippen molar-refractivity contribution in [2.45, 2.75) is 20.0 Å². The average Bonchev–Trinajstić information content (AvgIpc) is 2.79. The predicted octanol–water partition coefficient (Wildman–Crippen LogP) is 6.50. The molecule has 0 saturated carbocycles. The quantitative estimate of drug-likeness (QED) is 0.246. The number of carbonyl (C=O) groups excluding carboxylic acids is 1. The van der Waals surface area contributed by atoms with E-state index in [4.69, 9.17) is 16.3 Å². The molecule has 5 heteroatoms. The molecule has 32 heavy (non-hydrogen) atoms. The van der Waals surface area contributed by atoms with E-state index in [9.17, 15) is 10.1 Å². The van der Waals surface area contributed by atoms with Crippen molar-refractivity contribution in [1.82, 2.24) is 0 Å². The van der Waals surface area contributed by atoms with Crippen LogP contribution in [0.4, 0.5) is 5.69 Å². The van der Waals surface area contributed by atoms with E-state index in [0.29, 0.717) is 23.7 Å². The van der Waals surface area contributed by atoms with Crippen molar-refractivity contribution in [2.75, 3.05) is 5.32 Å². The first kappa shape index (κ1) is 22.9. The first-order valence-corrected chi connectivity index (χ1v) is 10.5. The largest absolute Gasteiger partial charge is 0.489 e. The standard InChI is InChI=1S/C27H23ClN2O2/c1-3-4-22-15-21(9-14-26(22)32-18-20-7-10-24(28)11-8-20)16-23(17-29)27(31)30-25-12-5-19(2)6-13-25/h3,5-16H,1,4,18H2,2H3,(H,30,31)/b23-16-. The van der Waals surface area contributed by atoms with Gasteiger partial charge in [-0.15, -0.1) is 6.58 Å². The number of hydrogen-bond acceptors (Lipinski definition) is 3. The molecule has 0 unspecified atom stereocenters. The number of rotatable bonds is 8. The second kappa shape index (κ2) is 11.0. The Morgan fingerprint density at radius 2 is 1.84 bits per heavy atom. The number of nitrogens with one attached hydrogen (secondary N) is 1. The number of benzene rings is 3. The van der Waals surface area contributed by atoms with Gasteiger partial charge in [0.15, 0.2) is 0 Å². The molecule has 0 fully saturated rings. The van der Waals surface area contributed by atoms with E-state index >= 15 is 0 Å². The number of anilines is 1. The third-order valence-corrected chi connectivity index (χ3v) is 4.99. The van der Waals surface area contributed by atoms with Gasteiger partial charge in [0.05, 0.1) is 0 Å². The Morgan fingerprint density at radius 1 is 1.12 bits per heavy atom. The van der Waals surface area contributed by atoms with E-state index in [0.717, 1.165) is 28.0 Å². The summed E-state index contributed by atoms with van der Waals surface area (Å²) in [5.74, 6) is 0.268. The van der Waals surface area contributed by atoms with Gasteiger partial charge in [0.1, 0.15) is 24.0 Å². The highest BCUT2D eigenvalue weighted by Crippen LogP contribution is 2.24. The number of ether oxygens (including phenoxy) is 1. The Bertz CT molecular complexity index is 1170. The number of halogens is 1. The van der Waals surface area contributed by atoms with Gasteiger partial charge in [-0.2, -0.15) is 5.26 Å². The molecule has 0 radical (unpaired) electrons. The normalized spacial score (nSPS) is 10.8. The van der Waals surface area contributed by atoms with Crippen LogP contribution in [-0.2, 0) is 17.8 Å². The number of amides is 1. The third kappa shape index (κ3) is 6.34.